The minimum absolute atomic E-state index is 0. The summed E-state index contributed by atoms with van der Waals surface area (Å²) in [6, 6.07) is 1.28. The van der Waals surface area contributed by atoms with Crippen molar-refractivity contribution in [2.75, 3.05) is 31.4 Å². The second-order valence-corrected chi connectivity index (χ2v) is 11.1. The van der Waals surface area contributed by atoms with Gasteiger partial charge in [-0.15, -0.1) is 19.0 Å². The molecule has 0 aromatic heterocycles. The van der Waals surface area contributed by atoms with Gasteiger partial charge in [0, 0.05) is 50.3 Å². The molecule has 0 spiro atoms. The zero-order chi connectivity index (χ0) is 32.3. The van der Waals surface area contributed by atoms with E-state index >= 15 is 0 Å². The number of phenolic OH excluding ortho intramolecular Hbond substituents is 2. The lowest BCUT2D eigenvalue weighted by Crippen LogP contribution is -2.35. The van der Waals surface area contributed by atoms with Crippen LogP contribution in [0.15, 0.2) is 54.2 Å². The van der Waals surface area contributed by atoms with E-state index in [0.29, 0.717) is 36.2 Å². The van der Waals surface area contributed by atoms with Gasteiger partial charge >= 0.3 is 6.09 Å². The van der Waals surface area contributed by atoms with Gasteiger partial charge in [0.15, 0.2) is 0 Å². The third kappa shape index (κ3) is 10.9. The fourth-order valence-corrected chi connectivity index (χ4v) is 5.19. The van der Waals surface area contributed by atoms with Gasteiger partial charge in [0.2, 0.25) is 0 Å². The molecule has 246 valence electrons. The van der Waals surface area contributed by atoms with Gasteiger partial charge in [-0.25, -0.2) is 4.79 Å². The molecule has 0 saturated heterocycles. The molecule has 2 bridgehead atoms. The van der Waals surface area contributed by atoms with Gasteiger partial charge in [0.1, 0.15) is 23.7 Å². The van der Waals surface area contributed by atoms with Crippen molar-refractivity contribution in [3.63, 3.8) is 0 Å². The van der Waals surface area contributed by atoms with Crippen LogP contribution in [0.25, 0.3) is 0 Å². The zero-order valence-corrected chi connectivity index (χ0v) is 27.1. The quantitative estimate of drug-likeness (QED) is 0.143. The van der Waals surface area contributed by atoms with E-state index in [1.807, 2.05) is 26.8 Å². The van der Waals surface area contributed by atoms with Crippen LogP contribution in [-0.4, -0.2) is 72.5 Å². The number of carbonyl (C=O) groups excluding carboxylic acids is 2. The second kappa shape index (κ2) is 18.3. The first-order chi connectivity index (χ1) is 20.3. The number of methoxy groups -OCH3 is 2. The Morgan fingerprint density at radius 3 is 2.45 bits per heavy atom. The van der Waals surface area contributed by atoms with E-state index in [-0.39, 0.29) is 47.9 Å². The fourth-order valence-electron chi connectivity index (χ4n) is 5.19. The molecule has 1 aliphatic rings. The van der Waals surface area contributed by atoms with Crippen molar-refractivity contribution in [1.29, 1.82) is 0 Å². The number of ether oxygens (including phenoxy) is 3. The zero-order valence-electron chi connectivity index (χ0n) is 26.3. The van der Waals surface area contributed by atoms with Crippen molar-refractivity contribution in [3.05, 3.63) is 59.7 Å². The third-order valence-corrected chi connectivity index (χ3v) is 7.44. The number of nitrogens with two attached hydrogens (primary N) is 1. The first kappa shape index (κ1) is 38.5. The summed E-state index contributed by atoms with van der Waals surface area (Å²) in [6.45, 7) is 11.3. The number of nitrogens with one attached hydrogen (secondary N) is 2. The van der Waals surface area contributed by atoms with Crippen LogP contribution >= 0.6 is 12.4 Å². The summed E-state index contributed by atoms with van der Waals surface area (Å²) in [6.07, 6.45) is 5.49. The van der Waals surface area contributed by atoms with Gasteiger partial charge in [0.25, 0.3) is 5.91 Å². The van der Waals surface area contributed by atoms with Gasteiger partial charge < -0.3 is 45.9 Å². The number of primary amides is 1. The van der Waals surface area contributed by atoms with Crippen molar-refractivity contribution >= 4 is 35.8 Å². The number of benzene rings is 1. The highest BCUT2D eigenvalue weighted by Crippen LogP contribution is 2.42. The van der Waals surface area contributed by atoms with E-state index in [9.17, 15) is 24.9 Å². The van der Waals surface area contributed by atoms with Crippen molar-refractivity contribution in [1.82, 2.24) is 0 Å². The maximum atomic E-state index is 13.0. The van der Waals surface area contributed by atoms with Crippen LogP contribution in [0.1, 0.15) is 46.1 Å². The Labute approximate surface area is 266 Å². The molecule has 7 N–H and O–H groups in total. The Kier molecular flexibility index (Phi) is 16.0. The smallest absolute Gasteiger partial charge is 0.404 e. The van der Waals surface area contributed by atoms with E-state index in [0.717, 1.165) is 5.57 Å². The van der Waals surface area contributed by atoms with Crippen molar-refractivity contribution in [2.24, 2.45) is 17.6 Å². The molecule has 2 amide bonds. The number of aliphatic hydroxyl groups is 1. The number of fused-ring (bicyclic) bond motifs is 2. The first-order valence-electron chi connectivity index (χ1n) is 14.3. The van der Waals surface area contributed by atoms with Crippen LogP contribution in [0.4, 0.5) is 16.2 Å². The lowest BCUT2D eigenvalue weighted by Gasteiger charge is -2.29. The Morgan fingerprint density at radius 2 is 1.86 bits per heavy atom. The van der Waals surface area contributed by atoms with Crippen LogP contribution in [0, 0.1) is 11.8 Å². The average molecular weight is 638 g/mol. The summed E-state index contributed by atoms with van der Waals surface area (Å²) in [5.41, 5.74) is 7.27. The van der Waals surface area contributed by atoms with E-state index in [4.69, 9.17) is 19.9 Å². The highest BCUT2D eigenvalue weighted by atomic mass is 35.5. The summed E-state index contributed by atoms with van der Waals surface area (Å²) in [7, 11) is 2.99. The minimum atomic E-state index is -0.955. The van der Waals surface area contributed by atoms with E-state index in [1.165, 1.54) is 20.3 Å². The minimum Gasteiger partial charge on any atom is -0.506 e. The molecule has 1 aromatic rings. The van der Waals surface area contributed by atoms with Gasteiger partial charge in [-0.1, -0.05) is 49.8 Å². The number of aromatic hydroxyl groups is 2. The summed E-state index contributed by atoms with van der Waals surface area (Å²) in [5, 5.41) is 39.1. The molecule has 0 fully saturated rings. The predicted molar refractivity (Wildman–Crippen MR) is 174 cm³/mol. The predicted octanol–water partition coefficient (Wildman–Crippen LogP) is 4.97. The van der Waals surface area contributed by atoms with Gasteiger partial charge in [-0.2, -0.15) is 0 Å². The molecule has 1 heterocycles. The standard InChI is InChI=1S/C32H47N3O8.ClH/c1-8-12-34-28-22-14-19(3)16-27(42-7)29(37)21(5)13-18(2)15-26(43-32(33)40)25(41-6)11-9-10-20(4)31(39)35-23(30(22)38)17-24(28)36;/h8-11,13,17,19,21,25-27,29,34,36-38H,1,12,14-16H2,2-7H3,(H2,33,40)(H,35,39);1H/b11-9-,18-13+,20-10+;/t19-,21+,25+,26+,27+,29-;/m1./s1. The number of rotatable bonds is 6. The molecule has 6 atom stereocenters. The number of hydrogen-bond acceptors (Lipinski definition) is 9. The molecule has 11 nitrogen and oxygen atoms in total. The van der Waals surface area contributed by atoms with E-state index < -0.39 is 36.4 Å². The largest absolute Gasteiger partial charge is 0.506 e. The van der Waals surface area contributed by atoms with E-state index in [2.05, 4.69) is 17.2 Å². The summed E-state index contributed by atoms with van der Waals surface area (Å²) >= 11 is 0. The lowest BCUT2D eigenvalue weighted by molar-refractivity contribution is -0.112. The molecular formula is C32H48ClN3O8. The SMILES string of the molecule is C=CCNc1c(O)cc2c(O)c1C[C@@H](C)C[C@H](OC)[C@H](O)[C@@H](C)/C=C(\C)C[C@H](OC(N)=O)[C@@H](OC)/C=C\C=C(/C)C(=O)N2.Cl. The first-order valence-corrected chi connectivity index (χ1v) is 14.3. The number of phenols is 2. The molecule has 0 radical (unpaired) electrons. The maximum absolute atomic E-state index is 13.0. The molecule has 2 rings (SSSR count). The number of hydrogen-bond donors (Lipinski definition) is 6. The number of allylic oxidation sites excluding steroid dienone is 2. The highest BCUT2D eigenvalue weighted by Gasteiger charge is 2.29. The summed E-state index contributed by atoms with van der Waals surface area (Å²) in [4.78, 5) is 24.7. The Hall–Kier alpha value is -3.51. The average Bonchev–Trinajstić information content (AvgIpc) is 2.94. The highest BCUT2D eigenvalue weighted by molar-refractivity contribution is 6.04. The Morgan fingerprint density at radius 1 is 1.18 bits per heavy atom. The molecular weight excluding hydrogens is 590 g/mol. The van der Waals surface area contributed by atoms with Crippen molar-refractivity contribution < 1.29 is 39.1 Å². The van der Waals surface area contributed by atoms with Crippen LogP contribution in [0.3, 0.4) is 0 Å². The Balaban J connectivity index is 0.00000968. The molecule has 44 heavy (non-hydrogen) atoms. The van der Waals surface area contributed by atoms with Crippen molar-refractivity contribution in [2.45, 2.75) is 71.4 Å². The normalized spacial score (nSPS) is 28.5. The number of carbonyl (C=O) groups is 2. The summed E-state index contributed by atoms with van der Waals surface area (Å²) < 4.78 is 16.6. The topological polar surface area (TPSA) is 173 Å². The van der Waals surface area contributed by atoms with Crippen LogP contribution in [0.2, 0.25) is 0 Å². The van der Waals surface area contributed by atoms with Gasteiger partial charge in [-0.05, 0) is 32.6 Å². The second-order valence-electron chi connectivity index (χ2n) is 11.1. The van der Waals surface area contributed by atoms with E-state index in [1.54, 1.807) is 31.2 Å². The third-order valence-electron chi connectivity index (χ3n) is 7.44. The van der Waals surface area contributed by atoms with Crippen LogP contribution < -0.4 is 16.4 Å². The van der Waals surface area contributed by atoms with Gasteiger partial charge in [-0.3, -0.25) is 4.79 Å². The number of amides is 2. The molecule has 0 saturated carbocycles. The fraction of sp³-hybridized carbons (Fsp3) is 0.500. The molecule has 0 aliphatic carbocycles. The molecule has 1 aromatic carbocycles. The molecule has 1 aliphatic heterocycles. The number of halogens is 1. The number of aliphatic hydroxyl groups excluding tert-OH is 1. The summed E-state index contributed by atoms with van der Waals surface area (Å²) in [5.74, 6) is -1.28. The Bertz CT molecular complexity index is 1230. The van der Waals surface area contributed by atoms with Crippen molar-refractivity contribution in [3.8, 4) is 11.5 Å². The maximum Gasteiger partial charge on any atom is 0.404 e. The lowest BCUT2D eigenvalue weighted by atomic mass is 9.87. The van der Waals surface area contributed by atoms with Crippen LogP contribution in [0.5, 0.6) is 11.5 Å². The van der Waals surface area contributed by atoms with Gasteiger partial charge in [0.05, 0.1) is 23.6 Å². The number of anilines is 2. The molecule has 12 heteroatoms. The monoisotopic (exact) mass is 637 g/mol. The van der Waals surface area contributed by atoms with Crippen LogP contribution in [-0.2, 0) is 25.4 Å². The molecule has 0 unspecified atom stereocenters.